The molecule has 0 saturated carbocycles. The number of carbonyl (C=O) groups is 2. The quantitative estimate of drug-likeness (QED) is 0.568. The molecule has 0 aromatic heterocycles. The van der Waals surface area contributed by atoms with Crippen LogP contribution in [0.5, 0.6) is 0 Å². The van der Waals surface area contributed by atoms with Crippen LogP contribution < -0.4 is 10.4 Å². The van der Waals surface area contributed by atoms with Crippen molar-refractivity contribution < 1.29 is 24.2 Å². The van der Waals surface area contributed by atoms with Crippen molar-refractivity contribution in [1.29, 1.82) is 0 Å². The van der Waals surface area contributed by atoms with E-state index < -0.39 is 24.1 Å². The Hall–Kier alpha value is -2.66. The lowest BCUT2D eigenvalue weighted by Gasteiger charge is -2.18. The Kier molecular flexibility index (Phi) is 6.63. The molecular weight excluding hydrogens is 276 g/mol. The van der Waals surface area contributed by atoms with Crippen LogP contribution in [0, 0.1) is 0 Å². The molecule has 0 aliphatic heterocycles. The number of benzene rings is 1. The van der Waals surface area contributed by atoms with Gasteiger partial charge in [-0.05, 0) is 18.9 Å². The lowest BCUT2D eigenvalue weighted by Crippen LogP contribution is -2.41. The van der Waals surface area contributed by atoms with E-state index >= 15 is 0 Å². The molecule has 0 aliphatic carbocycles. The highest BCUT2D eigenvalue weighted by atomic mass is 16.5. The molecule has 0 saturated heterocycles. The fraction of sp³-hybridized carbons (Fsp3) is 0.357. The number of amides is 1. The van der Waals surface area contributed by atoms with Crippen LogP contribution in [0.25, 0.3) is 0 Å². The molecule has 1 N–H and O–H groups in total. The summed E-state index contributed by atoms with van der Waals surface area (Å²) < 4.78 is 4.98. The minimum atomic E-state index is -1.50. The zero-order valence-electron chi connectivity index (χ0n) is 11.4. The van der Waals surface area contributed by atoms with Gasteiger partial charge in [0.05, 0.1) is 5.97 Å². The van der Waals surface area contributed by atoms with Crippen molar-refractivity contribution in [3.8, 4) is 0 Å². The highest BCUT2D eigenvalue weighted by molar-refractivity contribution is 5.73. The van der Waals surface area contributed by atoms with Crippen LogP contribution in [-0.2, 0) is 20.9 Å². The van der Waals surface area contributed by atoms with Crippen molar-refractivity contribution in [2.75, 3.05) is 0 Å². The van der Waals surface area contributed by atoms with E-state index in [0.717, 1.165) is 11.6 Å². The third kappa shape index (κ3) is 6.35. The summed E-state index contributed by atoms with van der Waals surface area (Å²) >= 11 is 0. The standard InChI is InChI=1S/C14H16N2O5/c1-10(7-12(13(18)19)15-9-17)16-14(20)21-8-11-5-3-2-4-6-11/h2-6,10,12H,7-8H2,1H3,(H,16,20)(H,18,19)/p-1. The van der Waals surface area contributed by atoms with Gasteiger partial charge in [-0.2, -0.15) is 4.99 Å². The van der Waals surface area contributed by atoms with Gasteiger partial charge in [0.2, 0.25) is 6.08 Å². The number of isocyanates is 1. The smallest absolute Gasteiger partial charge is 0.407 e. The lowest BCUT2D eigenvalue weighted by atomic mass is 10.1. The summed E-state index contributed by atoms with van der Waals surface area (Å²) in [5.74, 6) is -1.50. The molecule has 0 bridgehead atoms. The zero-order valence-corrected chi connectivity index (χ0v) is 11.4. The van der Waals surface area contributed by atoms with Crippen LogP contribution in [0.1, 0.15) is 18.9 Å². The first-order chi connectivity index (χ1) is 10.0. The Balaban J connectivity index is 2.39. The van der Waals surface area contributed by atoms with E-state index in [1.54, 1.807) is 6.92 Å². The van der Waals surface area contributed by atoms with Crippen molar-refractivity contribution in [3.05, 3.63) is 35.9 Å². The molecule has 7 heteroatoms. The van der Waals surface area contributed by atoms with Crippen molar-refractivity contribution in [2.45, 2.75) is 32.0 Å². The normalized spacial score (nSPS) is 12.6. The molecule has 0 radical (unpaired) electrons. The molecule has 1 aromatic rings. The zero-order chi connectivity index (χ0) is 15.7. The molecule has 2 atom stereocenters. The molecule has 0 spiro atoms. The summed E-state index contributed by atoms with van der Waals surface area (Å²) in [5, 5.41) is 13.1. The fourth-order valence-corrected chi connectivity index (χ4v) is 1.63. The number of carboxylic acid groups (broad SMARTS) is 1. The topological polar surface area (TPSA) is 108 Å². The fourth-order valence-electron chi connectivity index (χ4n) is 1.63. The van der Waals surface area contributed by atoms with Crippen molar-refractivity contribution in [3.63, 3.8) is 0 Å². The highest BCUT2D eigenvalue weighted by Gasteiger charge is 2.16. The van der Waals surface area contributed by atoms with E-state index in [-0.39, 0.29) is 13.0 Å². The molecule has 2 unspecified atom stereocenters. The van der Waals surface area contributed by atoms with Gasteiger partial charge in [-0.25, -0.2) is 9.59 Å². The van der Waals surface area contributed by atoms with Gasteiger partial charge in [-0.3, -0.25) is 0 Å². The third-order valence-electron chi connectivity index (χ3n) is 2.63. The van der Waals surface area contributed by atoms with Crippen LogP contribution in [0.2, 0.25) is 0 Å². The largest absolute Gasteiger partial charge is 0.548 e. The maximum atomic E-state index is 11.5. The highest BCUT2D eigenvalue weighted by Crippen LogP contribution is 2.04. The Morgan fingerprint density at radius 1 is 1.38 bits per heavy atom. The average molecular weight is 291 g/mol. The number of carbonyl (C=O) groups excluding carboxylic acids is 3. The van der Waals surface area contributed by atoms with Crippen LogP contribution in [0.4, 0.5) is 4.79 Å². The van der Waals surface area contributed by atoms with Crippen LogP contribution in [-0.4, -0.2) is 30.2 Å². The summed E-state index contributed by atoms with van der Waals surface area (Å²) in [4.78, 5) is 35.4. The van der Waals surface area contributed by atoms with E-state index in [9.17, 15) is 19.5 Å². The number of hydrogen-bond donors (Lipinski definition) is 1. The maximum Gasteiger partial charge on any atom is 0.407 e. The summed E-state index contributed by atoms with van der Waals surface area (Å²) in [5.41, 5.74) is 0.832. The molecule has 7 nitrogen and oxygen atoms in total. The molecule has 0 heterocycles. The van der Waals surface area contributed by atoms with Gasteiger partial charge >= 0.3 is 6.09 Å². The summed E-state index contributed by atoms with van der Waals surface area (Å²) in [6, 6.07) is 7.21. The monoisotopic (exact) mass is 291 g/mol. The van der Waals surface area contributed by atoms with Gasteiger partial charge in [0.15, 0.2) is 0 Å². The number of rotatable bonds is 7. The first kappa shape index (κ1) is 16.4. The number of nitrogens with one attached hydrogen (secondary N) is 1. The Morgan fingerprint density at radius 2 is 2.05 bits per heavy atom. The van der Waals surface area contributed by atoms with Gasteiger partial charge in [-0.1, -0.05) is 30.3 Å². The predicted molar refractivity (Wildman–Crippen MR) is 70.8 cm³/mol. The maximum absolute atomic E-state index is 11.5. The molecule has 21 heavy (non-hydrogen) atoms. The van der Waals surface area contributed by atoms with E-state index in [1.807, 2.05) is 30.3 Å². The first-order valence-corrected chi connectivity index (χ1v) is 6.28. The predicted octanol–water partition coefficient (Wildman–Crippen LogP) is 0.146. The second-order valence-corrected chi connectivity index (χ2v) is 4.40. The van der Waals surface area contributed by atoms with Crippen molar-refractivity contribution >= 4 is 18.1 Å². The number of hydrogen-bond acceptors (Lipinski definition) is 6. The Morgan fingerprint density at radius 3 is 2.62 bits per heavy atom. The molecular formula is C14H15N2O5-. The Labute approximate surface area is 121 Å². The molecule has 112 valence electrons. The molecule has 0 aliphatic rings. The number of ether oxygens (including phenoxy) is 1. The summed E-state index contributed by atoms with van der Waals surface area (Å²) in [6.45, 7) is 1.68. The van der Waals surface area contributed by atoms with Gasteiger partial charge < -0.3 is 20.0 Å². The van der Waals surface area contributed by atoms with Crippen molar-refractivity contribution in [2.24, 2.45) is 4.99 Å². The van der Waals surface area contributed by atoms with Crippen LogP contribution in [0.3, 0.4) is 0 Å². The summed E-state index contributed by atoms with van der Waals surface area (Å²) in [7, 11) is 0. The number of nitrogens with zero attached hydrogens (tertiary/aromatic N) is 1. The first-order valence-electron chi connectivity index (χ1n) is 6.28. The number of alkyl carbamates (subject to hydrolysis) is 1. The second-order valence-electron chi connectivity index (χ2n) is 4.40. The van der Waals surface area contributed by atoms with E-state index in [0.29, 0.717) is 0 Å². The number of aliphatic carboxylic acids is 1. The lowest BCUT2D eigenvalue weighted by molar-refractivity contribution is -0.307. The van der Waals surface area contributed by atoms with Gasteiger partial charge in [0.1, 0.15) is 12.6 Å². The molecule has 1 aromatic carbocycles. The van der Waals surface area contributed by atoms with Gasteiger partial charge in [0.25, 0.3) is 0 Å². The van der Waals surface area contributed by atoms with E-state index in [1.165, 1.54) is 0 Å². The number of carboxylic acids is 1. The van der Waals surface area contributed by atoms with Crippen LogP contribution in [0.15, 0.2) is 35.3 Å². The molecule has 0 fully saturated rings. The Bertz CT molecular complexity index is 523. The average Bonchev–Trinajstić information content (AvgIpc) is 2.45. The van der Waals surface area contributed by atoms with Crippen molar-refractivity contribution in [1.82, 2.24) is 5.32 Å². The van der Waals surface area contributed by atoms with E-state index in [4.69, 9.17) is 4.74 Å². The summed E-state index contributed by atoms with van der Waals surface area (Å²) in [6.07, 6.45) is 0.397. The molecule has 1 rings (SSSR count). The third-order valence-corrected chi connectivity index (χ3v) is 2.63. The second kappa shape index (κ2) is 8.50. The molecule has 1 amide bonds. The van der Waals surface area contributed by atoms with Gasteiger partial charge in [0, 0.05) is 6.04 Å². The minimum absolute atomic E-state index is 0.0853. The van der Waals surface area contributed by atoms with Gasteiger partial charge in [-0.15, -0.1) is 0 Å². The van der Waals surface area contributed by atoms with E-state index in [2.05, 4.69) is 10.3 Å². The minimum Gasteiger partial charge on any atom is -0.548 e. The number of aliphatic imine (C=N–C) groups is 1. The van der Waals surface area contributed by atoms with Crippen LogP contribution >= 0.6 is 0 Å². The SMILES string of the molecule is CC(CC(N=C=O)C(=O)[O-])NC(=O)OCc1ccccc1.